The van der Waals surface area contributed by atoms with Crippen LogP contribution in [0, 0.1) is 5.92 Å². The summed E-state index contributed by atoms with van der Waals surface area (Å²) in [6, 6.07) is 5.81. The molecule has 0 radical (unpaired) electrons. The molecular weight excluding hydrogens is 330 g/mol. The molecule has 2 N–H and O–H groups in total. The first kappa shape index (κ1) is 15.2. The van der Waals surface area contributed by atoms with Crippen molar-refractivity contribution in [1.82, 2.24) is 0 Å². The van der Waals surface area contributed by atoms with Crippen LogP contribution in [-0.2, 0) is 23.8 Å². The van der Waals surface area contributed by atoms with E-state index < -0.39 is 33.6 Å². The molecule has 0 spiro atoms. The normalized spacial score (nSPS) is 22.7. The molecule has 0 fully saturated rings. The fourth-order valence-electron chi connectivity index (χ4n) is 1.86. The lowest BCUT2D eigenvalue weighted by Gasteiger charge is -2.10. The summed E-state index contributed by atoms with van der Waals surface area (Å²) in [6.07, 6.45) is -2.20. The third kappa shape index (κ3) is 3.72. The second kappa shape index (κ2) is 6.18. The molecule has 0 aliphatic carbocycles. The van der Waals surface area contributed by atoms with Gasteiger partial charge in [-0.2, -0.15) is 8.42 Å². The Morgan fingerprint density at radius 1 is 1.41 bits per heavy atom. The Morgan fingerprint density at radius 3 is 2.55 bits per heavy atom. The Morgan fingerprint density at radius 2 is 2.00 bits per heavy atom. The molecule has 0 saturated heterocycles. The highest BCUT2D eigenvalue weighted by molar-refractivity contribution is 7.86. The number of ketones is 1. The molecular formula is C14H16ClNO5S. The van der Waals surface area contributed by atoms with Gasteiger partial charge in [-0.25, -0.2) is 0 Å². The molecule has 0 bridgehead atoms. The molecule has 1 aromatic carbocycles. The van der Waals surface area contributed by atoms with E-state index in [9.17, 15) is 13.2 Å². The minimum Gasteiger partial charge on any atom is -0.460 e. The summed E-state index contributed by atoms with van der Waals surface area (Å²) in [6.45, 7) is 3.38. The monoisotopic (exact) mass is 346 g/mol. The summed E-state index contributed by atoms with van der Waals surface area (Å²) < 4.78 is 41.8. The fourth-order valence-corrected chi connectivity index (χ4v) is 3.28. The van der Waals surface area contributed by atoms with Crippen LogP contribution in [0.5, 0.6) is 0 Å². The van der Waals surface area contributed by atoms with E-state index in [1.165, 1.54) is 24.3 Å². The number of Topliss-reactive ketones (excluding diaryl/α,β-unsaturated/α-hetero) is 1. The van der Waals surface area contributed by atoms with Crippen molar-refractivity contribution in [2.75, 3.05) is 5.75 Å². The van der Waals surface area contributed by atoms with Crippen LogP contribution < -0.4 is 5.73 Å². The predicted octanol–water partition coefficient (Wildman–Crippen LogP) is 2.11. The Bertz CT molecular complexity index is 760. The van der Waals surface area contributed by atoms with Crippen molar-refractivity contribution < 1.29 is 23.5 Å². The maximum Gasteiger partial charge on any atom is 0.309 e. The molecule has 0 aromatic heterocycles. The minimum absolute atomic E-state index is 0.162. The van der Waals surface area contributed by atoms with E-state index in [2.05, 4.69) is 0 Å². The molecule has 1 unspecified atom stereocenters. The quantitative estimate of drug-likeness (QED) is 0.820. The van der Waals surface area contributed by atoms with Crippen LogP contribution in [0.1, 0.15) is 26.9 Å². The van der Waals surface area contributed by atoms with Crippen molar-refractivity contribution in [3.05, 3.63) is 46.5 Å². The molecule has 6 nitrogen and oxygen atoms in total. The zero-order valence-corrected chi connectivity index (χ0v) is 13.6. The number of carbonyl (C=O) groups excluding carboxylic acids is 1. The number of rotatable bonds is 5. The summed E-state index contributed by atoms with van der Waals surface area (Å²) >= 11 is 5.77. The molecule has 0 amide bonds. The van der Waals surface area contributed by atoms with E-state index >= 15 is 0 Å². The van der Waals surface area contributed by atoms with E-state index in [0.717, 1.165) is 0 Å². The SMILES string of the molecule is [2H]C1(c2ccc(Cl)cc2)OC(N)=C(OS(=O)(=O)CC(C)C)C1=O. The molecule has 22 heavy (non-hydrogen) atoms. The zero-order chi connectivity index (χ0) is 17.4. The average molecular weight is 347 g/mol. The maximum atomic E-state index is 12.4. The molecule has 1 heterocycles. The Hall–Kier alpha value is -1.73. The number of hydrogen-bond donors (Lipinski definition) is 1. The van der Waals surface area contributed by atoms with Crippen LogP contribution in [0.4, 0.5) is 0 Å². The van der Waals surface area contributed by atoms with Gasteiger partial charge in [0.1, 0.15) is 0 Å². The van der Waals surface area contributed by atoms with Crippen molar-refractivity contribution in [2.45, 2.75) is 19.9 Å². The van der Waals surface area contributed by atoms with E-state index in [4.69, 9.17) is 27.6 Å². The highest BCUT2D eigenvalue weighted by Gasteiger charge is 2.39. The van der Waals surface area contributed by atoms with Gasteiger partial charge in [0.15, 0.2) is 6.08 Å². The van der Waals surface area contributed by atoms with Gasteiger partial charge >= 0.3 is 10.1 Å². The van der Waals surface area contributed by atoms with Gasteiger partial charge < -0.3 is 14.7 Å². The van der Waals surface area contributed by atoms with Crippen LogP contribution in [0.3, 0.4) is 0 Å². The van der Waals surface area contributed by atoms with Gasteiger partial charge in [-0.15, -0.1) is 0 Å². The van der Waals surface area contributed by atoms with Crippen molar-refractivity contribution >= 4 is 27.5 Å². The summed E-state index contributed by atoms with van der Waals surface area (Å²) in [5, 5.41) is 0.416. The topological polar surface area (TPSA) is 95.7 Å². The molecule has 120 valence electrons. The molecule has 1 aliphatic heterocycles. The van der Waals surface area contributed by atoms with E-state index in [-0.39, 0.29) is 17.2 Å². The smallest absolute Gasteiger partial charge is 0.309 e. The molecule has 8 heteroatoms. The Kier molecular flexibility index (Phi) is 4.26. The number of halogens is 1. The minimum atomic E-state index is -4.01. The van der Waals surface area contributed by atoms with Gasteiger partial charge in [-0.05, 0) is 18.1 Å². The van der Waals surface area contributed by atoms with Gasteiger partial charge in [0, 0.05) is 10.6 Å². The summed E-state index contributed by atoms with van der Waals surface area (Å²) in [4.78, 5) is 12.4. The van der Waals surface area contributed by atoms with E-state index in [1.54, 1.807) is 13.8 Å². The first-order valence-corrected chi connectivity index (χ1v) is 8.42. The number of carbonyl (C=O) groups is 1. The summed E-state index contributed by atoms with van der Waals surface area (Å²) in [5.74, 6) is -2.67. The van der Waals surface area contributed by atoms with Gasteiger partial charge in [-0.1, -0.05) is 37.6 Å². The lowest BCUT2D eigenvalue weighted by molar-refractivity contribution is -0.123. The molecule has 0 saturated carbocycles. The second-order valence-electron chi connectivity index (χ2n) is 5.16. The largest absolute Gasteiger partial charge is 0.460 e. The second-order valence-corrected chi connectivity index (χ2v) is 7.21. The molecule has 2 rings (SSSR count). The van der Waals surface area contributed by atoms with Crippen molar-refractivity contribution in [3.8, 4) is 0 Å². The van der Waals surface area contributed by atoms with E-state index in [0.29, 0.717) is 5.02 Å². The summed E-state index contributed by atoms with van der Waals surface area (Å²) in [7, 11) is -4.01. The van der Waals surface area contributed by atoms with E-state index in [1.807, 2.05) is 0 Å². The Labute approximate surface area is 135 Å². The average Bonchev–Trinajstić information content (AvgIpc) is 2.62. The highest BCUT2D eigenvalue weighted by Crippen LogP contribution is 2.32. The van der Waals surface area contributed by atoms with Gasteiger partial charge in [-0.3, -0.25) is 4.79 Å². The van der Waals surface area contributed by atoms with Crippen molar-refractivity contribution in [2.24, 2.45) is 11.7 Å². The van der Waals surface area contributed by atoms with Crippen LogP contribution in [0.25, 0.3) is 0 Å². The maximum absolute atomic E-state index is 12.4. The number of hydrogen-bond acceptors (Lipinski definition) is 6. The third-order valence-corrected chi connectivity index (χ3v) is 4.45. The molecule has 1 aliphatic rings. The van der Waals surface area contributed by atoms with Gasteiger partial charge in [0.25, 0.3) is 0 Å². The standard InChI is InChI=1S/C14H16ClNO5S/c1-8(2)7-22(18,19)21-13-11(17)12(20-14(13)16)9-3-5-10(15)6-4-9/h3-6,8,12H,7,16H2,1-2H3/i12D. The summed E-state index contributed by atoms with van der Waals surface area (Å²) in [5.41, 5.74) is 5.71. The molecule has 1 atom stereocenters. The predicted molar refractivity (Wildman–Crippen MR) is 81.2 cm³/mol. The number of ether oxygens (including phenoxy) is 1. The van der Waals surface area contributed by atoms with Crippen LogP contribution in [-0.4, -0.2) is 20.0 Å². The van der Waals surface area contributed by atoms with Crippen LogP contribution in [0.2, 0.25) is 5.02 Å². The van der Waals surface area contributed by atoms with Crippen molar-refractivity contribution in [1.29, 1.82) is 0 Å². The lowest BCUT2D eigenvalue weighted by atomic mass is 10.1. The third-order valence-electron chi connectivity index (χ3n) is 2.70. The molecule has 1 aromatic rings. The highest BCUT2D eigenvalue weighted by atomic mass is 35.5. The number of nitrogens with two attached hydrogens (primary N) is 1. The Balaban J connectivity index is 2.30. The van der Waals surface area contributed by atoms with Crippen molar-refractivity contribution in [3.63, 3.8) is 0 Å². The first-order chi connectivity index (χ1) is 10.5. The van der Waals surface area contributed by atoms with Gasteiger partial charge in [0.05, 0.1) is 7.12 Å². The number of benzene rings is 1. The van der Waals surface area contributed by atoms with Crippen LogP contribution >= 0.6 is 11.6 Å². The van der Waals surface area contributed by atoms with Crippen LogP contribution in [0.15, 0.2) is 35.9 Å². The fraction of sp³-hybridized carbons (Fsp3) is 0.357. The lowest BCUT2D eigenvalue weighted by Crippen LogP contribution is -2.19. The first-order valence-electron chi connectivity index (χ1n) is 6.97. The zero-order valence-electron chi connectivity index (χ0n) is 13.0. The van der Waals surface area contributed by atoms with Gasteiger partial charge in [0.2, 0.25) is 17.4 Å².